The molecule has 0 atom stereocenters. The van der Waals surface area contributed by atoms with E-state index in [0.717, 1.165) is 4.31 Å². The Hall–Kier alpha value is -1.51. The highest BCUT2D eigenvalue weighted by Gasteiger charge is 2.26. The topological polar surface area (TPSA) is 75.7 Å². The molecule has 146 valence electrons. The molecule has 2 aromatic carbocycles. The third-order valence-corrected chi connectivity index (χ3v) is 6.59. The second-order valence-corrected chi connectivity index (χ2v) is 8.56. The van der Waals surface area contributed by atoms with Crippen LogP contribution in [0.25, 0.3) is 0 Å². The number of amides is 1. The Labute approximate surface area is 173 Å². The Morgan fingerprint density at radius 1 is 1.07 bits per heavy atom. The van der Waals surface area contributed by atoms with Crippen molar-refractivity contribution in [3.63, 3.8) is 0 Å². The third kappa shape index (κ3) is 5.27. The Morgan fingerprint density at radius 3 is 2.33 bits per heavy atom. The number of carbonyl (C=O) groups excluding carboxylic acids is 1. The molecule has 0 radical (unpaired) electrons. The van der Waals surface area contributed by atoms with E-state index >= 15 is 0 Å². The van der Waals surface area contributed by atoms with Gasteiger partial charge in [-0.05, 0) is 36.4 Å². The number of benzene rings is 2. The molecular weight excluding hydrogens is 435 g/mol. The second kappa shape index (κ2) is 9.12. The van der Waals surface area contributed by atoms with Gasteiger partial charge in [0.15, 0.2) is 0 Å². The quantitative estimate of drug-likeness (QED) is 0.681. The molecule has 0 aliphatic carbocycles. The number of hydrogen-bond acceptors (Lipinski definition) is 4. The summed E-state index contributed by atoms with van der Waals surface area (Å²) in [6.07, 6.45) is 0. The van der Waals surface area contributed by atoms with Gasteiger partial charge in [-0.1, -0.05) is 41.7 Å². The number of likely N-dealkylation sites (N-methyl/N-ethyl adjacent to an activating group) is 1. The first-order chi connectivity index (χ1) is 12.7. The summed E-state index contributed by atoms with van der Waals surface area (Å²) in [5.41, 5.74) is 0.412. The lowest BCUT2D eigenvalue weighted by atomic mass is 10.3. The summed E-state index contributed by atoms with van der Waals surface area (Å²) in [5.74, 6) is -0.158. The zero-order valence-electron chi connectivity index (χ0n) is 14.5. The van der Waals surface area contributed by atoms with Crippen molar-refractivity contribution in [1.82, 2.24) is 4.31 Å². The number of anilines is 1. The number of hydrogen-bond donors (Lipinski definition) is 1. The zero-order valence-corrected chi connectivity index (χ0v) is 17.6. The van der Waals surface area contributed by atoms with E-state index in [1.54, 1.807) is 13.0 Å². The normalized spacial score (nSPS) is 11.5. The molecule has 0 fully saturated rings. The highest BCUT2D eigenvalue weighted by atomic mass is 35.5. The first-order valence-electron chi connectivity index (χ1n) is 7.77. The molecule has 0 unspecified atom stereocenters. The van der Waals surface area contributed by atoms with E-state index in [0.29, 0.717) is 16.5 Å². The Morgan fingerprint density at radius 2 is 1.78 bits per heavy atom. The van der Waals surface area contributed by atoms with Gasteiger partial charge in [0.05, 0.1) is 33.6 Å². The van der Waals surface area contributed by atoms with Crippen molar-refractivity contribution < 1.29 is 17.9 Å². The lowest BCUT2D eigenvalue weighted by Crippen LogP contribution is -2.37. The molecule has 10 heteroatoms. The van der Waals surface area contributed by atoms with Gasteiger partial charge in [-0.25, -0.2) is 8.42 Å². The van der Waals surface area contributed by atoms with Crippen LogP contribution in [-0.2, 0) is 14.8 Å². The van der Waals surface area contributed by atoms with Gasteiger partial charge in [-0.2, -0.15) is 4.31 Å². The predicted molar refractivity (Wildman–Crippen MR) is 108 cm³/mol. The maximum Gasteiger partial charge on any atom is 0.243 e. The van der Waals surface area contributed by atoms with Crippen LogP contribution in [0.4, 0.5) is 5.69 Å². The van der Waals surface area contributed by atoms with Gasteiger partial charge in [0.1, 0.15) is 5.75 Å². The fraction of sp³-hybridized carbons (Fsp3) is 0.235. The largest absolute Gasteiger partial charge is 0.495 e. The summed E-state index contributed by atoms with van der Waals surface area (Å²) < 4.78 is 31.7. The van der Waals surface area contributed by atoms with Gasteiger partial charge in [0, 0.05) is 12.2 Å². The lowest BCUT2D eigenvalue weighted by molar-refractivity contribution is -0.116. The molecule has 2 aromatic rings. The van der Waals surface area contributed by atoms with Crippen LogP contribution in [0.5, 0.6) is 5.75 Å². The molecule has 0 saturated heterocycles. The second-order valence-electron chi connectivity index (χ2n) is 5.40. The fourth-order valence-corrected chi connectivity index (χ4v) is 4.31. The van der Waals surface area contributed by atoms with Crippen LogP contribution < -0.4 is 10.1 Å². The van der Waals surface area contributed by atoms with Gasteiger partial charge < -0.3 is 10.1 Å². The third-order valence-electron chi connectivity index (χ3n) is 3.64. The van der Waals surface area contributed by atoms with E-state index in [-0.39, 0.29) is 28.0 Å². The van der Waals surface area contributed by atoms with Crippen molar-refractivity contribution in [3.05, 3.63) is 51.5 Å². The van der Waals surface area contributed by atoms with Crippen LogP contribution in [0.2, 0.25) is 15.1 Å². The predicted octanol–water partition coefficient (Wildman–Crippen LogP) is 4.30. The molecule has 2 rings (SSSR count). The molecule has 1 N–H and O–H groups in total. The summed E-state index contributed by atoms with van der Waals surface area (Å²) in [5, 5.41) is 3.39. The van der Waals surface area contributed by atoms with Gasteiger partial charge in [-0.3, -0.25) is 4.79 Å². The van der Waals surface area contributed by atoms with Crippen molar-refractivity contribution in [2.75, 3.05) is 25.5 Å². The maximum atomic E-state index is 12.8. The number of carbonyl (C=O) groups is 1. The molecule has 27 heavy (non-hydrogen) atoms. The number of ether oxygens (including phenoxy) is 1. The monoisotopic (exact) mass is 450 g/mol. The zero-order chi connectivity index (χ0) is 20.2. The van der Waals surface area contributed by atoms with Crippen LogP contribution in [0, 0.1) is 0 Å². The van der Waals surface area contributed by atoms with E-state index < -0.39 is 15.9 Å². The van der Waals surface area contributed by atoms with Crippen molar-refractivity contribution in [2.24, 2.45) is 0 Å². The first kappa shape index (κ1) is 21.8. The Balaban J connectivity index is 2.18. The summed E-state index contributed by atoms with van der Waals surface area (Å²) in [7, 11) is -2.48. The molecule has 6 nitrogen and oxygen atoms in total. The molecule has 1 amide bonds. The van der Waals surface area contributed by atoms with E-state index in [9.17, 15) is 13.2 Å². The minimum atomic E-state index is -3.92. The highest BCUT2D eigenvalue weighted by Crippen LogP contribution is 2.28. The van der Waals surface area contributed by atoms with Crippen molar-refractivity contribution in [3.8, 4) is 5.75 Å². The minimum absolute atomic E-state index is 0.0301. The van der Waals surface area contributed by atoms with E-state index in [4.69, 9.17) is 39.5 Å². The molecule has 0 spiro atoms. The average Bonchev–Trinajstić information content (AvgIpc) is 2.62. The summed E-state index contributed by atoms with van der Waals surface area (Å²) >= 11 is 17.8. The van der Waals surface area contributed by atoms with Crippen LogP contribution in [0.1, 0.15) is 6.92 Å². The first-order valence-corrected chi connectivity index (χ1v) is 10.3. The number of nitrogens with one attached hydrogen (secondary N) is 1. The van der Waals surface area contributed by atoms with Crippen molar-refractivity contribution >= 4 is 56.4 Å². The summed E-state index contributed by atoms with van der Waals surface area (Å²) in [6.45, 7) is 1.36. The number of sulfonamides is 1. The molecule has 0 saturated carbocycles. The molecular formula is C17H17Cl3N2O4S. The number of halogens is 3. The standard InChI is InChI=1S/C17H17Cl3N2O4S/c1-3-22(10-17(23)21-11-4-6-13(18)14(19)8-11)27(24,25)12-5-7-16(26-2)15(20)9-12/h4-9H,3,10H2,1-2H3,(H,21,23). The van der Waals surface area contributed by atoms with Gasteiger partial charge in [0.2, 0.25) is 15.9 Å². The number of methoxy groups -OCH3 is 1. The minimum Gasteiger partial charge on any atom is -0.495 e. The molecule has 0 aromatic heterocycles. The lowest BCUT2D eigenvalue weighted by Gasteiger charge is -2.20. The average molecular weight is 452 g/mol. The molecule has 0 aliphatic rings. The molecule has 0 aliphatic heterocycles. The van der Waals surface area contributed by atoms with Crippen molar-refractivity contribution in [1.29, 1.82) is 0 Å². The summed E-state index contributed by atoms with van der Waals surface area (Å²) in [6, 6.07) is 8.71. The molecule has 0 bridgehead atoms. The van der Waals surface area contributed by atoms with Crippen LogP contribution in [0.3, 0.4) is 0 Å². The van der Waals surface area contributed by atoms with Gasteiger partial charge in [-0.15, -0.1) is 0 Å². The number of rotatable bonds is 7. The van der Waals surface area contributed by atoms with Crippen molar-refractivity contribution in [2.45, 2.75) is 11.8 Å². The van der Waals surface area contributed by atoms with Crippen LogP contribution in [0.15, 0.2) is 41.3 Å². The van der Waals surface area contributed by atoms with Crippen LogP contribution in [-0.4, -0.2) is 38.8 Å². The summed E-state index contributed by atoms with van der Waals surface area (Å²) in [4.78, 5) is 12.3. The molecule has 0 heterocycles. The van der Waals surface area contributed by atoms with E-state index in [2.05, 4.69) is 5.32 Å². The van der Waals surface area contributed by atoms with Gasteiger partial charge >= 0.3 is 0 Å². The van der Waals surface area contributed by atoms with E-state index in [1.165, 1.54) is 37.4 Å². The Kier molecular flexibility index (Phi) is 7.36. The Bertz CT molecular complexity index is 951. The van der Waals surface area contributed by atoms with Crippen LogP contribution >= 0.6 is 34.8 Å². The number of nitrogens with zero attached hydrogens (tertiary/aromatic N) is 1. The van der Waals surface area contributed by atoms with E-state index in [1.807, 2.05) is 0 Å². The SMILES string of the molecule is CCN(CC(=O)Nc1ccc(Cl)c(Cl)c1)S(=O)(=O)c1ccc(OC)c(Cl)c1. The van der Waals surface area contributed by atoms with Gasteiger partial charge in [0.25, 0.3) is 0 Å². The smallest absolute Gasteiger partial charge is 0.243 e. The fourth-order valence-electron chi connectivity index (χ4n) is 2.26. The highest BCUT2D eigenvalue weighted by molar-refractivity contribution is 7.89. The maximum absolute atomic E-state index is 12.8.